The van der Waals surface area contributed by atoms with Crippen molar-refractivity contribution >= 4 is 11.8 Å². The van der Waals surface area contributed by atoms with Gasteiger partial charge in [-0.15, -0.1) is 0 Å². The lowest BCUT2D eigenvalue weighted by atomic mass is 9.77. The number of halogens is 1. The molecule has 0 bridgehead atoms. The standard InChI is InChI=1S/C23H25FN2O2/c1-17-13-19(7-8-20(17)24)22(28)25-11-9-23(10-12-25)14-21(27)26(16-23)15-18-5-3-2-4-6-18/h2-8,13H,9-12,14-16H2,1H3. The SMILES string of the molecule is Cc1cc(C(=O)N2CCC3(CC2)CC(=O)N(Cc2ccccc2)C3)ccc1F. The number of hydrogen-bond donors (Lipinski definition) is 0. The van der Waals surface area contributed by atoms with E-state index in [1.165, 1.54) is 6.07 Å². The molecule has 2 heterocycles. The highest BCUT2D eigenvalue weighted by Gasteiger charge is 2.45. The van der Waals surface area contributed by atoms with Crippen molar-refractivity contribution in [2.45, 2.75) is 32.7 Å². The molecule has 0 atom stereocenters. The predicted molar refractivity (Wildman–Crippen MR) is 105 cm³/mol. The van der Waals surface area contributed by atoms with Gasteiger partial charge in [0.1, 0.15) is 5.82 Å². The lowest BCUT2D eigenvalue weighted by molar-refractivity contribution is -0.128. The third-order valence-electron chi connectivity index (χ3n) is 6.14. The second-order valence-corrected chi connectivity index (χ2v) is 8.17. The normalized spacial score (nSPS) is 18.7. The van der Waals surface area contributed by atoms with Gasteiger partial charge >= 0.3 is 0 Å². The fraction of sp³-hybridized carbons (Fsp3) is 0.391. The van der Waals surface area contributed by atoms with Crippen LogP contribution in [-0.2, 0) is 11.3 Å². The van der Waals surface area contributed by atoms with Crippen molar-refractivity contribution in [3.8, 4) is 0 Å². The second-order valence-electron chi connectivity index (χ2n) is 8.17. The maximum absolute atomic E-state index is 13.5. The number of amides is 2. The number of carbonyl (C=O) groups excluding carboxylic acids is 2. The van der Waals surface area contributed by atoms with E-state index in [1.807, 2.05) is 40.1 Å². The van der Waals surface area contributed by atoms with E-state index < -0.39 is 0 Å². The Labute approximate surface area is 164 Å². The fourth-order valence-corrected chi connectivity index (χ4v) is 4.41. The average molecular weight is 380 g/mol. The molecule has 0 aromatic heterocycles. The summed E-state index contributed by atoms with van der Waals surface area (Å²) in [5.74, 6) is -0.140. The Morgan fingerprint density at radius 2 is 1.82 bits per heavy atom. The van der Waals surface area contributed by atoms with Gasteiger partial charge in [0.2, 0.25) is 5.91 Å². The average Bonchev–Trinajstić information content (AvgIpc) is 2.99. The molecule has 2 amide bonds. The smallest absolute Gasteiger partial charge is 0.253 e. The zero-order chi connectivity index (χ0) is 19.7. The number of aryl methyl sites for hydroxylation is 1. The number of piperidine rings is 1. The van der Waals surface area contributed by atoms with Gasteiger partial charge in [-0.05, 0) is 49.1 Å². The summed E-state index contributed by atoms with van der Waals surface area (Å²) in [6.07, 6.45) is 2.23. The van der Waals surface area contributed by atoms with E-state index in [9.17, 15) is 14.0 Å². The Morgan fingerprint density at radius 1 is 1.11 bits per heavy atom. The molecule has 5 heteroatoms. The number of likely N-dealkylation sites (tertiary alicyclic amines) is 2. The molecule has 0 saturated carbocycles. The fourth-order valence-electron chi connectivity index (χ4n) is 4.41. The molecule has 0 N–H and O–H groups in total. The monoisotopic (exact) mass is 380 g/mol. The van der Waals surface area contributed by atoms with Gasteiger partial charge in [-0.2, -0.15) is 0 Å². The molecule has 0 radical (unpaired) electrons. The first-order chi connectivity index (χ1) is 13.5. The lowest BCUT2D eigenvalue weighted by Crippen LogP contribution is -2.44. The minimum Gasteiger partial charge on any atom is -0.339 e. The Morgan fingerprint density at radius 3 is 2.50 bits per heavy atom. The van der Waals surface area contributed by atoms with Gasteiger partial charge in [-0.25, -0.2) is 4.39 Å². The number of nitrogens with zero attached hydrogens (tertiary/aromatic N) is 2. The van der Waals surface area contributed by atoms with Gasteiger partial charge in [0.15, 0.2) is 0 Å². The molecule has 28 heavy (non-hydrogen) atoms. The topological polar surface area (TPSA) is 40.6 Å². The molecule has 2 aliphatic heterocycles. The van der Waals surface area contributed by atoms with Crippen LogP contribution < -0.4 is 0 Å². The van der Waals surface area contributed by atoms with E-state index in [-0.39, 0.29) is 23.0 Å². The molecule has 4 rings (SSSR count). The molecular formula is C23H25FN2O2. The van der Waals surface area contributed by atoms with Crippen LogP contribution in [0.4, 0.5) is 4.39 Å². The largest absolute Gasteiger partial charge is 0.339 e. The van der Waals surface area contributed by atoms with E-state index in [4.69, 9.17) is 0 Å². The highest BCUT2D eigenvalue weighted by Crippen LogP contribution is 2.41. The molecule has 1 spiro atoms. The summed E-state index contributed by atoms with van der Waals surface area (Å²) in [4.78, 5) is 29.1. The van der Waals surface area contributed by atoms with E-state index in [2.05, 4.69) is 0 Å². The van der Waals surface area contributed by atoms with Crippen molar-refractivity contribution in [2.75, 3.05) is 19.6 Å². The summed E-state index contributed by atoms with van der Waals surface area (Å²) in [7, 11) is 0. The van der Waals surface area contributed by atoms with Gasteiger partial charge in [0.25, 0.3) is 5.91 Å². The molecular weight excluding hydrogens is 355 g/mol. The molecule has 0 aliphatic carbocycles. The second kappa shape index (κ2) is 7.38. The maximum Gasteiger partial charge on any atom is 0.253 e. The van der Waals surface area contributed by atoms with Gasteiger partial charge in [0, 0.05) is 43.6 Å². The highest BCUT2D eigenvalue weighted by atomic mass is 19.1. The molecule has 4 nitrogen and oxygen atoms in total. The Balaban J connectivity index is 1.39. The molecule has 146 valence electrons. The molecule has 2 aromatic carbocycles. The Bertz CT molecular complexity index is 889. The third kappa shape index (κ3) is 3.66. The zero-order valence-electron chi connectivity index (χ0n) is 16.2. The van der Waals surface area contributed by atoms with E-state index in [0.29, 0.717) is 37.2 Å². The van der Waals surface area contributed by atoms with Crippen LogP contribution in [0.2, 0.25) is 0 Å². The highest BCUT2D eigenvalue weighted by molar-refractivity contribution is 5.94. The van der Waals surface area contributed by atoms with Gasteiger partial charge in [-0.1, -0.05) is 30.3 Å². The molecule has 0 unspecified atom stereocenters. The summed E-state index contributed by atoms with van der Waals surface area (Å²) >= 11 is 0. The molecule has 2 aromatic rings. The number of rotatable bonds is 3. The summed E-state index contributed by atoms with van der Waals surface area (Å²) in [6.45, 7) is 4.36. The third-order valence-corrected chi connectivity index (χ3v) is 6.14. The summed E-state index contributed by atoms with van der Waals surface area (Å²) < 4.78 is 13.5. The van der Waals surface area contributed by atoms with Crippen molar-refractivity contribution in [2.24, 2.45) is 5.41 Å². The van der Waals surface area contributed by atoms with Crippen molar-refractivity contribution in [1.82, 2.24) is 9.80 Å². The van der Waals surface area contributed by atoms with Crippen LogP contribution in [-0.4, -0.2) is 41.2 Å². The molecule has 2 saturated heterocycles. The van der Waals surface area contributed by atoms with Gasteiger partial charge < -0.3 is 9.80 Å². The Kier molecular flexibility index (Phi) is 4.92. The number of hydrogen-bond acceptors (Lipinski definition) is 2. The van der Waals surface area contributed by atoms with Gasteiger partial charge in [0.05, 0.1) is 0 Å². The first kappa shape index (κ1) is 18.7. The van der Waals surface area contributed by atoms with Gasteiger partial charge in [-0.3, -0.25) is 9.59 Å². The molecule has 2 aliphatic rings. The van der Waals surface area contributed by atoms with E-state index >= 15 is 0 Å². The minimum atomic E-state index is -0.294. The lowest BCUT2D eigenvalue weighted by Gasteiger charge is -2.39. The van der Waals surface area contributed by atoms with E-state index in [0.717, 1.165) is 24.9 Å². The van der Waals surface area contributed by atoms with Crippen LogP contribution in [0.15, 0.2) is 48.5 Å². The van der Waals surface area contributed by atoms with Crippen LogP contribution in [0.25, 0.3) is 0 Å². The van der Waals surface area contributed by atoms with Crippen LogP contribution in [0, 0.1) is 18.2 Å². The van der Waals surface area contributed by atoms with Crippen molar-refractivity contribution in [3.05, 3.63) is 71.0 Å². The first-order valence-electron chi connectivity index (χ1n) is 9.83. The molecule has 2 fully saturated rings. The number of carbonyl (C=O) groups is 2. The predicted octanol–water partition coefficient (Wildman–Crippen LogP) is 3.79. The van der Waals surface area contributed by atoms with E-state index in [1.54, 1.807) is 19.1 Å². The minimum absolute atomic E-state index is 0.0264. The van der Waals surface area contributed by atoms with Crippen molar-refractivity contribution in [3.63, 3.8) is 0 Å². The quantitative estimate of drug-likeness (QED) is 0.813. The summed E-state index contributed by atoms with van der Waals surface area (Å²) in [5.41, 5.74) is 2.13. The summed E-state index contributed by atoms with van der Waals surface area (Å²) in [5, 5.41) is 0. The summed E-state index contributed by atoms with van der Waals surface area (Å²) in [6, 6.07) is 14.6. The van der Waals surface area contributed by atoms with Crippen molar-refractivity contribution in [1.29, 1.82) is 0 Å². The Hall–Kier alpha value is -2.69. The van der Waals surface area contributed by atoms with Crippen LogP contribution in [0.3, 0.4) is 0 Å². The van der Waals surface area contributed by atoms with Crippen LogP contribution in [0.1, 0.15) is 40.7 Å². The zero-order valence-corrected chi connectivity index (χ0v) is 16.2. The van der Waals surface area contributed by atoms with Crippen LogP contribution >= 0.6 is 0 Å². The number of benzene rings is 2. The van der Waals surface area contributed by atoms with Crippen LogP contribution in [0.5, 0.6) is 0 Å². The first-order valence-corrected chi connectivity index (χ1v) is 9.83. The van der Waals surface area contributed by atoms with Crippen molar-refractivity contribution < 1.29 is 14.0 Å². The maximum atomic E-state index is 13.5.